The Morgan fingerprint density at radius 1 is 1.25 bits per heavy atom. The molecule has 0 fully saturated rings. The van der Waals surface area contributed by atoms with Gasteiger partial charge in [-0.2, -0.15) is 0 Å². The lowest BCUT2D eigenvalue weighted by Crippen LogP contribution is -2.45. The number of amides is 1. The first-order valence-electron chi connectivity index (χ1n) is 7.17. The number of hydrogen-bond donors (Lipinski definition) is 2. The lowest BCUT2D eigenvalue weighted by Gasteiger charge is -2.27. The average molecular weight is 291 g/mol. The molecule has 1 atom stereocenters. The van der Waals surface area contributed by atoms with Crippen molar-refractivity contribution < 1.29 is 23.6 Å². The largest absolute Gasteiger partial charge is 0.477 e. The Morgan fingerprint density at radius 3 is 2.45 bits per heavy atom. The van der Waals surface area contributed by atoms with Crippen molar-refractivity contribution in [2.75, 3.05) is 33.7 Å². The molecule has 118 valence electrons. The molecular weight excluding hydrogens is 263 g/mol. The summed E-state index contributed by atoms with van der Waals surface area (Å²) in [4.78, 5) is 22.1. The van der Waals surface area contributed by atoms with E-state index >= 15 is 0 Å². The number of carboxylic acids is 1. The summed E-state index contributed by atoms with van der Waals surface area (Å²) in [5, 5.41) is 11.5. The molecule has 20 heavy (non-hydrogen) atoms. The fourth-order valence-electron chi connectivity index (χ4n) is 1.98. The summed E-state index contributed by atoms with van der Waals surface area (Å²) in [6.07, 6.45) is 2.32. The Balaban J connectivity index is 3.59. The summed E-state index contributed by atoms with van der Waals surface area (Å²) in [7, 11) is 3.71. The van der Waals surface area contributed by atoms with Crippen LogP contribution in [0.25, 0.3) is 0 Å². The SMILES string of the molecule is CC(F)CCCCC(=O)NCCC[N+](C)(C)CC(=O)O. The highest BCUT2D eigenvalue weighted by atomic mass is 19.1. The molecule has 0 rings (SSSR count). The number of halogens is 1. The van der Waals surface area contributed by atoms with Gasteiger partial charge in [0, 0.05) is 19.4 Å². The lowest BCUT2D eigenvalue weighted by molar-refractivity contribution is -0.883. The van der Waals surface area contributed by atoms with Gasteiger partial charge in [-0.1, -0.05) is 6.42 Å². The maximum atomic E-state index is 12.5. The number of carboxylic acid groups (broad SMARTS) is 1. The molecule has 0 radical (unpaired) electrons. The third-order valence-electron chi connectivity index (χ3n) is 3.08. The number of quaternary nitrogens is 1. The molecule has 0 aromatic heterocycles. The van der Waals surface area contributed by atoms with Crippen molar-refractivity contribution >= 4 is 11.9 Å². The van der Waals surface area contributed by atoms with Gasteiger partial charge in [0.2, 0.25) is 5.91 Å². The summed E-state index contributed by atoms with van der Waals surface area (Å²) in [6, 6.07) is 0. The van der Waals surface area contributed by atoms with Gasteiger partial charge >= 0.3 is 5.97 Å². The van der Waals surface area contributed by atoms with E-state index in [-0.39, 0.29) is 12.5 Å². The van der Waals surface area contributed by atoms with Crippen molar-refractivity contribution in [1.82, 2.24) is 5.32 Å². The molecule has 0 aliphatic heterocycles. The number of alkyl halides is 1. The van der Waals surface area contributed by atoms with Crippen LogP contribution in [0.1, 0.15) is 39.0 Å². The van der Waals surface area contributed by atoms with Crippen molar-refractivity contribution in [2.24, 2.45) is 0 Å². The van der Waals surface area contributed by atoms with Gasteiger partial charge in [-0.15, -0.1) is 0 Å². The second-order valence-corrected chi connectivity index (χ2v) is 5.94. The fourth-order valence-corrected chi connectivity index (χ4v) is 1.98. The van der Waals surface area contributed by atoms with Gasteiger partial charge in [0.1, 0.15) is 0 Å². The first-order valence-corrected chi connectivity index (χ1v) is 7.17. The smallest absolute Gasteiger partial charge is 0.359 e. The van der Waals surface area contributed by atoms with E-state index in [1.54, 1.807) is 0 Å². The van der Waals surface area contributed by atoms with Crippen LogP contribution in [0.5, 0.6) is 0 Å². The minimum absolute atomic E-state index is 0.0138. The molecule has 0 bridgehead atoms. The molecule has 0 spiro atoms. The minimum atomic E-state index is -0.818. The number of likely N-dealkylation sites (N-methyl/N-ethyl adjacent to an activating group) is 1. The van der Waals surface area contributed by atoms with E-state index < -0.39 is 12.1 Å². The molecule has 0 heterocycles. The summed E-state index contributed by atoms with van der Waals surface area (Å²) in [5.74, 6) is -0.832. The van der Waals surface area contributed by atoms with Crippen molar-refractivity contribution in [1.29, 1.82) is 0 Å². The predicted octanol–water partition coefficient (Wildman–Crippen LogP) is 1.57. The Labute approximate surface area is 120 Å². The Hall–Kier alpha value is -1.17. The van der Waals surface area contributed by atoms with Gasteiger partial charge in [-0.25, -0.2) is 9.18 Å². The number of nitrogens with one attached hydrogen (secondary N) is 1. The maximum Gasteiger partial charge on any atom is 0.359 e. The Bertz CT molecular complexity index is 307. The van der Waals surface area contributed by atoms with Crippen LogP contribution < -0.4 is 5.32 Å². The molecule has 0 saturated heterocycles. The zero-order chi connectivity index (χ0) is 15.6. The summed E-state index contributed by atoms with van der Waals surface area (Å²) in [5.41, 5.74) is 0. The molecule has 2 N–H and O–H groups in total. The molecule has 0 saturated carbocycles. The van der Waals surface area contributed by atoms with Crippen molar-refractivity contribution in [3.8, 4) is 0 Å². The number of nitrogens with zero attached hydrogens (tertiary/aromatic N) is 1. The van der Waals surface area contributed by atoms with Crippen LogP contribution in [0.3, 0.4) is 0 Å². The number of rotatable bonds is 11. The number of aliphatic carboxylic acids is 1. The average Bonchev–Trinajstić information content (AvgIpc) is 2.28. The summed E-state index contributed by atoms with van der Waals surface area (Å²) < 4.78 is 12.9. The first-order chi connectivity index (χ1) is 9.23. The van der Waals surface area contributed by atoms with Crippen LogP contribution in [0.4, 0.5) is 4.39 Å². The molecule has 0 aliphatic carbocycles. The highest BCUT2D eigenvalue weighted by Crippen LogP contribution is 2.05. The highest BCUT2D eigenvalue weighted by molar-refractivity contribution is 5.75. The summed E-state index contributed by atoms with van der Waals surface area (Å²) in [6.45, 7) is 2.86. The van der Waals surface area contributed by atoms with Crippen LogP contribution in [0.2, 0.25) is 0 Å². The standard InChI is InChI=1S/C14H27FN2O3/c1-12(15)7-4-5-8-13(18)16-9-6-10-17(2,3)11-14(19)20/h12H,4-11H2,1-3H3,(H-,16,18,19,20)/p+1. The fraction of sp³-hybridized carbons (Fsp3) is 0.857. The number of carbonyl (C=O) groups excluding carboxylic acids is 1. The topological polar surface area (TPSA) is 66.4 Å². The van der Waals surface area contributed by atoms with Crippen LogP contribution >= 0.6 is 0 Å². The third kappa shape index (κ3) is 11.9. The highest BCUT2D eigenvalue weighted by Gasteiger charge is 2.18. The van der Waals surface area contributed by atoms with E-state index in [0.29, 0.717) is 36.8 Å². The molecule has 1 unspecified atom stereocenters. The molecular formula is C14H28FN2O3+. The van der Waals surface area contributed by atoms with E-state index in [1.807, 2.05) is 14.1 Å². The van der Waals surface area contributed by atoms with Crippen molar-refractivity contribution in [3.63, 3.8) is 0 Å². The Kier molecular flexibility index (Phi) is 9.12. The van der Waals surface area contributed by atoms with Gasteiger partial charge in [-0.3, -0.25) is 4.79 Å². The van der Waals surface area contributed by atoms with E-state index in [1.165, 1.54) is 6.92 Å². The van der Waals surface area contributed by atoms with Gasteiger partial charge in [0.25, 0.3) is 0 Å². The molecule has 6 heteroatoms. The lowest BCUT2D eigenvalue weighted by atomic mass is 10.1. The van der Waals surface area contributed by atoms with Crippen molar-refractivity contribution in [2.45, 2.75) is 45.2 Å². The second-order valence-electron chi connectivity index (χ2n) is 5.94. The van der Waals surface area contributed by atoms with Gasteiger partial charge in [-0.05, 0) is 19.8 Å². The van der Waals surface area contributed by atoms with E-state index in [9.17, 15) is 14.0 Å². The van der Waals surface area contributed by atoms with Crippen molar-refractivity contribution in [3.05, 3.63) is 0 Å². The molecule has 0 aromatic carbocycles. The second kappa shape index (κ2) is 9.69. The van der Waals surface area contributed by atoms with Gasteiger partial charge in [0.05, 0.1) is 26.8 Å². The quantitative estimate of drug-likeness (QED) is 0.448. The summed E-state index contributed by atoms with van der Waals surface area (Å²) >= 11 is 0. The van der Waals surface area contributed by atoms with Crippen LogP contribution in [0.15, 0.2) is 0 Å². The first kappa shape index (κ1) is 18.8. The molecule has 0 aromatic rings. The van der Waals surface area contributed by atoms with Crippen LogP contribution in [-0.2, 0) is 9.59 Å². The van der Waals surface area contributed by atoms with Gasteiger partial charge < -0.3 is 14.9 Å². The van der Waals surface area contributed by atoms with Crippen LogP contribution in [0, 0.1) is 0 Å². The van der Waals surface area contributed by atoms with Gasteiger partial charge in [0.15, 0.2) is 6.54 Å². The third-order valence-corrected chi connectivity index (χ3v) is 3.08. The number of unbranched alkanes of at least 4 members (excludes halogenated alkanes) is 1. The zero-order valence-corrected chi connectivity index (χ0v) is 12.8. The zero-order valence-electron chi connectivity index (χ0n) is 12.8. The molecule has 0 aliphatic rings. The van der Waals surface area contributed by atoms with E-state index in [2.05, 4.69) is 5.32 Å². The molecule has 1 amide bonds. The monoisotopic (exact) mass is 291 g/mol. The van der Waals surface area contributed by atoms with E-state index in [4.69, 9.17) is 5.11 Å². The number of hydrogen-bond acceptors (Lipinski definition) is 2. The normalized spacial score (nSPS) is 13.0. The van der Waals surface area contributed by atoms with E-state index in [0.717, 1.165) is 12.8 Å². The number of carbonyl (C=O) groups is 2. The maximum absolute atomic E-state index is 12.5. The predicted molar refractivity (Wildman–Crippen MR) is 76.1 cm³/mol. The van der Waals surface area contributed by atoms with Crippen LogP contribution in [-0.4, -0.2) is 61.4 Å². The molecule has 5 nitrogen and oxygen atoms in total. The Morgan fingerprint density at radius 2 is 1.90 bits per heavy atom. The minimum Gasteiger partial charge on any atom is -0.477 e.